The molecule has 0 unspecified atom stereocenters. The Balaban J connectivity index is 1.90. The molecule has 1 atom stereocenters. The van der Waals surface area contributed by atoms with Crippen molar-refractivity contribution in [3.05, 3.63) is 63.6 Å². The minimum atomic E-state index is -0.924. The Kier molecular flexibility index (Phi) is 5.82. The molecule has 0 saturated heterocycles. The Morgan fingerprint density at radius 3 is 2.30 bits per heavy atom. The van der Waals surface area contributed by atoms with Crippen molar-refractivity contribution in [3.63, 3.8) is 0 Å². The van der Waals surface area contributed by atoms with Gasteiger partial charge >= 0.3 is 0 Å². The number of halogens is 2. The largest absolute Gasteiger partial charge is 0.323 e. The van der Waals surface area contributed by atoms with Crippen molar-refractivity contribution in [1.29, 1.82) is 0 Å². The SMILES string of the molecule is CCCC[C@@H](C(=O)Nc1cc(Cl)ccc1Cl)N1C(=O)c2ccccc2C1=O. The van der Waals surface area contributed by atoms with Crippen LogP contribution in [0.15, 0.2) is 42.5 Å². The summed E-state index contributed by atoms with van der Waals surface area (Å²) in [6.45, 7) is 1.98. The number of hydrogen-bond donors (Lipinski definition) is 1. The molecule has 0 aromatic heterocycles. The van der Waals surface area contributed by atoms with Gasteiger partial charge in [0.1, 0.15) is 6.04 Å². The second-order valence-corrected chi connectivity index (χ2v) is 7.14. The molecule has 0 radical (unpaired) electrons. The van der Waals surface area contributed by atoms with Gasteiger partial charge in [0.2, 0.25) is 5.91 Å². The molecule has 140 valence electrons. The zero-order valence-corrected chi connectivity index (χ0v) is 16.2. The van der Waals surface area contributed by atoms with Crippen LogP contribution in [0.3, 0.4) is 0 Å². The number of imide groups is 1. The average Bonchev–Trinajstić information content (AvgIpc) is 2.90. The number of rotatable bonds is 6. The summed E-state index contributed by atoms with van der Waals surface area (Å²) >= 11 is 12.1. The quantitative estimate of drug-likeness (QED) is 0.703. The van der Waals surface area contributed by atoms with Gasteiger partial charge in [-0.3, -0.25) is 19.3 Å². The lowest BCUT2D eigenvalue weighted by atomic mass is 10.1. The molecule has 5 nitrogen and oxygen atoms in total. The maximum atomic E-state index is 13.0. The van der Waals surface area contributed by atoms with Gasteiger partial charge in [-0.05, 0) is 36.8 Å². The molecule has 3 amide bonds. The number of anilines is 1. The van der Waals surface area contributed by atoms with Crippen molar-refractivity contribution in [1.82, 2.24) is 4.90 Å². The first kappa shape index (κ1) is 19.4. The van der Waals surface area contributed by atoms with Crippen molar-refractivity contribution in [2.24, 2.45) is 0 Å². The molecule has 27 heavy (non-hydrogen) atoms. The Labute approximate surface area is 167 Å². The van der Waals surface area contributed by atoms with Crippen LogP contribution in [0.5, 0.6) is 0 Å². The standard InChI is InChI=1S/C20H18Cl2N2O3/c1-2-3-8-17(18(25)23-16-11-12(21)9-10-15(16)22)24-19(26)13-6-4-5-7-14(13)20(24)27/h4-7,9-11,17H,2-3,8H2,1H3,(H,23,25)/t17-/m0/s1. The van der Waals surface area contributed by atoms with Crippen LogP contribution in [0, 0.1) is 0 Å². The van der Waals surface area contributed by atoms with E-state index in [2.05, 4.69) is 5.32 Å². The summed E-state index contributed by atoms with van der Waals surface area (Å²) in [5.74, 6) is -1.38. The van der Waals surface area contributed by atoms with Gasteiger partial charge in [-0.15, -0.1) is 0 Å². The number of fused-ring (bicyclic) bond motifs is 1. The van der Waals surface area contributed by atoms with E-state index in [4.69, 9.17) is 23.2 Å². The number of unbranched alkanes of at least 4 members (excludes halogenated alkanes) is 1. The van der Waals surface area contributed by atoms with Gasteiger partial charge in [0.15, 0.2) is 0 Å². The molecular weight excluding hydrogens is 387 g/mol. The fraction of sp³-hybridized carbons (Fsp3) is 0.250. The average molecular weight is 405 g/mol. The zero-order chi connectivity index (χ0) is 19.6. The van der Waals surface area contributed by atoms with E-state index >= 15 is 0 Å². The molecule has 7 heteroatoms. The van der Waals surface area contributed by atoms with Crippen LogP contribution in [-0.4, -0.2) is 28.7 Å². The highest BCUT2D eigenvalue weighted by molar-refractivity contribution is 6.35. The monoisotopic (exact) mass is 404 g/mol. The summed E-state index contributed by atoms with van der Waals surface area (Å²) in [6, 6.07) is 10.4. The molecule has 0 aliphatic carbocycles. The molecule has 1 aliphatic rings. The molecule has 1 heterocycles. The van der Waals surface area contributed by atoms with Crippen LogP contribution in [0.2, 0.25) is 10.0 Å². The Morgan fingerprint density at radius 2 is 1.70 bits per heavy atom. The first-order chi connectivity index (χ1) is 12.9. The highest BCUT2D eigenvalue weighted by Gasteiger charge is 2.42. The lowest BCUT2D eigenvalue weighted by molar-refractivity contribution is -0.120. The highest BCUT2D eigenvalue weighted by atomic mass is 35.5. The number of amides is 3. The van der Waals surface area contributed by atoms with E-state index in [9.17, 15) is 14.4 Å². The van der Waals surface area contributed by atoms with Crippen LogP contribution in [-0.2, 0) is 4.79 Å². The molecule has 0 bridgehead atoms. The molecule has 2 aromatic carbocycles. The summed E-state index contributed by atoms with van der Waals surface area (Å²) < 4.78 is 0. The molecule has 1 aliphatic heterocycles. The van der Waals surface area contributed by atoms with Crippen molar-refractivity contribution in [2.45, 2.75) is 32.2 Å². The number of carbonyl (C=O) groups excluding carboxylic acids is 3. The van der Waals surface area contributed by atoms with Gasteiger partial charge in [-0.2, -0.15) is 0 Å². The summed E-state index contributed by atoms with van der Waals surface area (Å²) in [4.78, 5) is 39.5. The third-order valence-corrected chi connectivity index (χ3v) is 5.02. The first-order valence-corrected chi connectivity index (χ1v) is 9.42. The molecule has 3 rings (SSSR count). The van der Waals surface area contributed by atoms with E-state index in [0.29, 0.717) is 39.7 Å². The lowest BCUT2D eigenvalue weighted by Gasteiger charge is -2.25. The summed E-state index contributed by atoms with van der Waals surface area (Å²) in [6.07, 6.45) is 1.88. The predicted octanol–water partition coefficient (Wildman–Crippen LogP) is 4.79. The van der Waals surface area contributed by atoms with E-state index in [-0.39, 0.29) is 0 Å². The minimum Gasteiger partial charge on any atom is -0.323 e. The Hall–Kier alpha value is -2.37. The third-order valence-electron chi connectivity index (χ3n) is 4.46. The molecular formula is C20H18Cl2N2O3. The maximum absolute atomic E-state index is 13.0. The van der Waals surface area contributed by atoms with Crippen LogP contribution in [0.4, 0.5) is 5.69 Å². The molecule has 2 aromatic rings. The van der Waals surface area contributed by atoms with Gasteiger partial charge in [-0.1, -0.05) is 55.1 Å². The zero-order valence-electron chi connectivity index (χ0n) is 14.7. The number of nitrogens with zero attached hydrogens (tertiary/aromatic N) is 1. The van der Waals surface area contributed by atoms with Crippen LogP contribution in [0.25, 0.3) is 0 Å². The lowest BCUT2D eigenvalue weighted by Crippen LogP contribution is -2.47. The normalized spacial score (nSPS) is 14.3. The minimum absolute atomic E-state index is 0.317. The molecule has 0 fully saturated rings. The topological polar surface area (TPSA) is 66.5 Å². The van der Waals surface area contributed by atoms with Gasteiger partial charge in [0, 0.05) is 5.02 Å². The van der Waals surface area contributed by atoms with E-state index in [1.54, 1.807) is 36.4 Å². The number of carbonyl (C=O) groups is 3. The maximum Gasteiger partial charge on any atom is 0.262 e. The third kappa shape index (κ3) is 3.84. The van der Waals surface area contributed by atoms with Gasteiger partial charge in [0.25, 0.3) is 11.8 Å². The summed E-state index contributed by atoms with van der Waals surface area (Å²) in [7, 11) is 0. The molecule has 0 saturated carbocycles. The second kappa shape index (κ2) is 8.11. The fourth-order valence-electron chi connectivity index (χ4n) is 3.08. The van der Waals surface area contributed by atoms with E-state index in [1.165, 1.54) is 6.07 Å². The first-order valence-electron chi connectivity index (χ1n) is 8.67. The van der Waals surface area contributed by atoms with E-state index in [0.717, 1.165) is 11.3 Å². The van der Waals surface area contributed by atoms with Gasteiger partial charge < -0.3 is 5.32 Å². The van der Waals surface area contributed by atoms with Gasteiger partial charge in [0.05, 0.1) is 21.8 Å². The van der Waals surface area contributed by atoms with Crippen molar-refractivity contribution in [3.8, 4) is 0 Å². The van der Waals surface area contributed by atoms with E-state index < -0.39 is 23.8 Å². The second-order valence-electron chi connectivity index (χ2n) is 6.30. The summed E-state index contributed by atoms with van der Waals surface area (Å²) in [5, 5.41) is 3.44. The highest BCUT2D eigenvalue weighted by Crippen LogP contribution is 2.29. The van der Waals surface area contributed by atoms with Crippen molar-refractivity contribution < 1.29 is 14.4 Å². The Bertz CT molecular complexity index is 879. The van der Waals surface area contributed by atoms with Crippen LogP contribution >= 0.6 is 23.2 Å². The van der Waals surface area contributed by atoms with E-state index in [1.807, 2.05) is 6.92 Å². The van der Waals surface area contributed by atoms with Gasteiger partial charge in [-0.25, -0.2) is 0 Å². The Morgan fingerprint density at radius 1 is 1.07 bits per heavy atom. The smallest absolute Gasteiger partial charge is 0.262 e. The molecule has 1 N–H and O–H groups in total. The predicted molar refractivity (Wildman–Crippen MR) is 105 cm³/mol. The van der Waals surface area contributed by atoms with Crippen molar-refractivity contribution in [2.75, 3.05) is 5.32 Å². The van der Waals surface area contributed by atoms with Crippen molar-refractivity contribution >= 4 is 46.6 Å². The van der Waals surface area contributed by atoms with Crippen LogP contribution in [0.1, 0.15) is 46.9 Å². The number of hydrogen-bond acceptors (Lipinski definition) is 3. The fourth-order valence-corrected chi connectivity index (χ4v) is 3.41. The molecule has 0 spiro atoms. The van der Waals surface area contributed by atoms with Crippen LogP contribution < -0.4 is 5.32 Å². The summed E-state index contributed by atoms with van der Waals surface area (Å²) in [5.41, 5.74) is 0.974. The number of benzene rings is 2. The number of nitrogens with one attached hydrogen (secondary N) is 1.